The Morgan fingerprint density at radius 3 is 2.52 bits per heavy atom. The van der Waals surface area contributed by atoms with E-state index in [0.717, 1.165) is 33.1 Å². The maximum Gasteiger partial charge on any atom is 0.252 e. The molecular weight excluding hydrogens is 382 g/mol. The Bertz CT molecular complexity index is 1180. The Hall–Kier alpha value is -3.32. The van der Waals surface area contributed by atoms with E-state index < -0.39 is 0 Å². The molecule has 0 aliphatic carbocycles. The minimum atomic E-state index is -0.0476. The van der Waals surface area contributed by atoms with E-state index in [9.17, 15) is 4.79 Å². The molecule has 4 heterocycles. The number of hydrogen-bond donors (Lipinski definition) is 1. The van der Waals surface area contributed by atoms with E-state index >= 15 is 0 Å². The Morgan fingerprint density at radius 2 is 1.83 bits per heavy atom. The van der Waals surface area contributed by atoms with Crippen LogP contribution in [0.4, 0.5) is 5.82 Å². The van der Waals surface area contributed by atoms with Gasteiger partial charge in [-0.3, -0.25) is 4.79 Å². The van der Waals surface area contributed by atoms with Gasteiger partial charge in [-0.1, -0.05) is 36.4 Å². The molecule has 0 fully saturated rings. The second-order valence-corrected chi connectivity index (χ2v) is 8.14. The molecule has 6 nitrogen and oxygen atoms in total. The topological polar surface area (TPSA) is 72.7 Å². The minimum Gasteiger partial charge on any atom is -0.310 e. The number of carbonyl (C=O) groups is 1. The third kappa shape index (κ3) is 3.13. The van der Waals surface area contributed by atoms with Crippen LogP contribution in [-0.4, -0.2) is 25.7 Å². The summed E-state index contributed by atoms with van der Waals surface area (Å²) in [4.78, 5) is 22.9. The Balaban J connectivity index is 1.79. The van der Waals surface area contributed by atoms with Gasteiger partial charge in [-0.2, -0.15) is 9.78 Å². The summed E-state index contributed by atoms with van der Waals surface area (Å²) < 4.78 is 1.68. The van der Waals surface area contributed by atoms with E-state index in [1.807, 2.05) is 61.7 Å². The lowest BCUT2D eigenvalue weighted by atomic mass is 9.88. The molecule has 1 aliphatic rings. The van der Waals surface area contributed by atoms with Gasteiger partial charge in [-0.25, -0.2) is 9.97 Å². The van der Waals surface area contributed by atoms with Crippen LogP contribution in [0.25, 0.3) is 17.2 Å². The highest BCUT2D eigenvalue weighted by atomic mass is 32.1. The molecule has 7 heteroatoms. The van der Waals surface area contributed by atoms with E-state index in [1.165, 1.54) is 0 Å². The van der Waals surface area contributed by atoms with Gasteiger partial charge in [0, 0.05) is 39.7 Å². The molecule has 0 spiro atoms. The predicted octanol–water partition coefficient (Wildman–Crippen LogP) is 4.48. The zero-order valence-electron chi connectivity index (χ0n) is 16.1. The number of rotatable bonds is 3. The fraction of sp³-hybridized carbons (Fsp3) is 0.182. The maximum atomic E-state index is 12.6. The molecule has 29 heavy (non-hydrogen) atoms. The molecule has 1 atom stereocenters. The van der Waals surface area contributed by atoms with Crippen molar-refractivity contribution in [3.8, 4) is 17.2 Å². The van der Waals surface area contributed by atoms with Crippen molar-refractivity contribution in [1.29, 1.82) is 0 Å². The third-order valence-corrected chi connectivity index (χ3v) is 6.00. The van der Waals surface area contributed by atoms with Crippen molar-refractivity contribution in [2.24, 2.45) is 0 Å². The molecule has 5 rings (SSSR count). The van der Waals surface area contributed by atoms with Gasteiger partial charge in [-0.05, 0) is 31.4 Å². The average Bonchev–Trinajstić information content (AvgIpc) is 3.35. The summed E-state index contributed by atoms with van der Waals surface area (Å²) in [5.41, 5.74) is 4.58. The molecule has 1 aromatic carbocycles. The zero-order valence-corrected chi connectivity index (χ0v) is 16.9. The predicted molar refractivity (Wildman–Crippen MR) is 113 cm³/mol. The summed E-state index contributed by atoms with van der Waals surface area (Å²) in [6.45, 7) is 3.86. The first-order valence-corrected chi connectivity index (χ1v) is 10.3. The standard InChI is InChI=1S/C22H19N5OS/c1-13-11-14(2)24-22(23-13)27-21-19(20(26-27)15-7-4-3-5-8-15)16(12-18(28)25-21)17-9-6-10-29-17/h3-11,16H,12H2,1-2H3,(H,25,28)/t16-/m0/s1. The number of amides is 1. The Kier molecular flexibility index (Phi) is 4.24. The van der Waals surface area contributed by atoms with Crippen LogP contribution >= 0.6 is 11.3 Å². The lowest BCUT2D eigenvalue weighted by molar-refractivity contribution is -0.116. The summed E-state index contributed by atoms with van der Waals surface area (Å²) >= 11 is 1.66. The molecule has 1 aliphatic heterocycles. The van der Waals surface area contributed by atoms with Gasteiger partial charge < -0.3 is 5.32 Å². The van der Waals surface area contributed by atoms with E-state index in [2.05, 4.69) is 21.4 Å². The molecule has 0 unspecified atom stereocenters. The summed E-state index contributed by atoms with van der Waals surface area (Å²) in [5.74, 6) is 1.05. The second kappa shape index (κ2) is 6.93. The highest BCUT2D eigenvalue weighted by Crippen LogP contribution is 2.44. The number of carbonyl (C=O) groups excluding carboxylic acids is 1. The van der Waals surface area contributed by atoms with Gasteiger partial charge >= 0.3 is 0 Å². The smallest absolute Gasteiger partial charge is 0.252 e. The van der Waals surface area contributed by atoms with Gasteiger partial charge in [0.15, 0.2) is 0 Å². The number of nitrogens with one attached hydrogen (secondary N) is 1. The van der Waals surface area contributed by atoms with Gasteiger partial charge in [0.2, 0.25) is 5.91 Å². The van der Waals surface area contributed by atoms with Crippen molar-refractivity contribution in [2.45, 2.75) is 26.2 Å². The van der Waals surface area contributed by atoms with E-state index in [0.29, 0.717) is 18.2 Å². The summed E-state index contributed by atoms with van der Waals surface area (Å²) in [6.07, 6.45) is 0.396. The maximum absolute atomic E-state index is 12.6. The number of nitrogens with zero attached hydrogens (tertiary/aromatic N) is 4. The fourth-order valence-electron chi connectivity index (χ4n) is 3.84. The first kappa shape index (κ1) is 17.8. The van der Waals surface area contributed by atoms with E-state index in [4.69, 9.17) is 5.10 Å². The van der Waals surface area contributed by atoms with Crippen molar-refractivity contribution >= 4 is 23.1 Å². The Labute approximate surface area is 172 Å². The van der Waals surface area contributed by atoms with E-state index in [-0.39, 0.29) is 11.8 Å². The van der Waals surface area contributed by atoms with Crippen LogP contribution in [0.2, 0.25) is 0 Å². The van der Waals surface area contributed by atoms with Crippen molar-refractivity contribution in [1.82, 2.24) is 19.7 Å². The second-order valence-electron chi connectivity index (χ2n) is 7.16. The van der Waals surface area contributed by atoms with Crippen LogP contribution in [0, 0.1) is 13.8 Å². The number of thiophene rings is 1. The monoisotopic (exact) mass is 401 g/mol. The van der Waals surface area contributed by atoms with Crippen LogP contribution in [0.1, 0.15) is 34.2 Å². The van der Waals surface area contributed by atoms with Gasteiger partial charge in [0.05, 0.1) is 5.69 Å². The molecule has 0 bridgehead atoms. The molecule has 0 radical (unpaired) electrons. The lowest BCUT2D eigenvalue weighted by Crippen LogP contribution is -2.25. The highest BCUT2D eigenvalue weighted by Gasteiger charge is 2.35. The lowest BCUT2D eigenvalue weighted by Gasteiger charge is -2.23. The molecular formula is C22H19N5OS. The average molecular weight is 401 g/mol. The fourth-order valence-corrected chi connectivity index (χ4v) is 4.68. The quantitative estimate of drug-likeness (QED) is 0.549. The molecule has 3 aromatic heterocycles. The van der Waals surface area contributed by atoms with Gasteiger partial charge in [0.1, 0.15) is 5.82 Å². The first-order chi connectivity index (χ1) is 14.1. The first-order valence-electron chi connectivity index (χ1n) is 9.44. The van der Waals surface area contributed by atoms with Crippen LogP contribution in [0.3, 0.4) is 0 Å². The van der Waals surface area contributed by atoms with Crippen molar-refractivity contribution < 1.29 is 4.79 Å². The Morgan fingerprint density at radius 1 is 1.07 bits per heavy atom. The molecule has 1 amide bonds. The summed E-state index contributed by atoms with van der Waals surface area (Å²) in [6, 6.07) is 16.1. The van der Waals surface area contributed by atoms with Crippen molar-refractivity contribution in [2.75, 3.05) is 5.32 Å². The molecule has 144 valence electrons. The van der Waals surface area contributed by atoms with E-state index in [1.54, 1.807) is 16.0 Å². The minimum absolute atomic E-state index is 0.0268. The largest absolute Gasteiger partial charge is 0.310 e. The number of benzene rings is 1. The van der Waals surface area contributed by atoms with Gasteiger partial charge in [-0.15, -0.1) is 11.3 Å². The molecule has 0 saturated carbocycles. The highest BCUT2D eigenvalue weighted by molar-refractivity contribution is 7.10. The third-order valence-electron chi connectivity index (χ3n) is 5.01. The number of aromatic nitrogens is 4. The number of anilines is 1. The SMILES string of the molecule is Cc1cc(C)nc(-n2nc(-c3ccccc3)c3c2NC(=O)C[C@H]3c2cccs2)n1. The van der Waals surface area contributed by atoms with Crippen LogP contribution < -0.4 is 5.32 Å². The van der Waals surface area contributed by atoms with Crippen molar-refractivity contribution in [3.05, 3.63) is 75.7 Å². The normalized spacial score (nSPS) is 15.8. The molecule has 0 saturated heterocycles. The summed E-state index contributed by atoms with van der Waals surface area (Å²) in [7, 11) is 0. The van der Waals surface area contributed by atoms with Crippen molar-refractivity contribution in [3.63, 3.8) is 0 Å². The van der Waals surface area contributed by atoms with Crippen LogP contribution in [0.5, 0.6) is 0 Å². The molecule has 1 N–H and O–H groups in total. The number of hydrogen-bond acceptors (Lipinski definition) is 5. The summed E-state index contributed by atoms with van der Waals surface area (Å²) in [5, 5.41) is 9.97. The number of aryl methyl sites for hydroxylation is 2. The number of fused-ring (bicyclic) bond motifs is 1. The van der Waals surface area contributed by atoms with Gasteiger partial charge in [0.25, 0.3) is 5.95 Å². The van der Waals surface area contributed by atoms with Crippen LogP contribution in [0.15, 0.2) is 53.9 Å². The zero-order chi connectivity index (χ0) is 20.0. The van der Waals surface area contributed by atoms with Crippen LogP contribution in [-0.2, 0) is 4.79 Å². The molecule has 4 aromatic rings.